The zero-order valence-electron chi connectivity index (χ0n) is 9.78. The molecule has 3 rings (SSSR count). The van der Waals surface area contributed by atoms with E-state index in [4.69, 9.17) is 0 Å². The standard InChI is InChI=1S/C11H11N7/c1-8-4-10(18-11(17-8)15-7-16-18)13-5-9-2-3-12-6-14-9/h2-4,6-7,13H,5H2,1H3. The van der Waals surface area contributed by atoms with Crippen molar-refractivity contribution in [3.8, 4) is 0 Å². The van der Waals surface area contributed by atoms with Gasteiger partial charge in [-0.25, -0.2) is 15.0 Å². The number of nitrogens with zero attached hydrogens (tertiary/aromatic N) is 6. The van der Waals surface area contributed by atoms with Crippen LogP contribution >= 0.6 is 0 Å². The third-order valence-electron chi connectivity index (χ3n) is 2.47. The number of aromatic nitrogens is 6. The van der Waals surface area contributed by atoms with Crippen LogP contribution in [0, 0.1) is 6.92 Å². The maximum Gasteiger partial charge on any atom is 0.254 e. The van der Waals surface area contributed by atoms with E-state index >= 15 is 0 Å². The van der Waals surface area contributed by atoms with Gasteiger partial charge in [-0.15, -0.1) is 0 Å². The Morgan fingerprint density at radius 2 is 2.22 bits per heavy atom. The van der Waals surface area contributed by atoms with Crippen LogP contribution in [0.5, 0.6) is 0 Å². The molecule has 3 aromatic heterocycles. The molecule has 0 bridgehead atoms. The average Bonchev–Trinajstić information content (AvgIpc) is 2.85. The van der Waals surface area contributed by atoms with Crippen LogP contribution in [0.15, 0.2) is 31.0 Å². The molecule has 0 aliphatic rings. The first-order valence-electron chi connectivity index (χ1n) is 5.49. The molecule has 0 amide bonds. The number of aryl methyl sites for hydroxylation is 1. The summed E-state index contributed by atoms with van der Waals surface area (Å²) in [6, 6.07) is 3.78. The Bertz CT molecular complexity index is 661. The molecule has 0 aliphatic heterocycles. The molecule has 3 heterocycles. The largest absolute Gasteiger partial charge is 0.364 e. The lowest BCUT2D eigenvalue weighted by Gasteiger charge is -2.07. The molecular weight excluding hydrogens is 230 g/mol. The van der Waals surface area contributed by atoms with Gasteiger partial charge in [0.25, 0.3) is 5.78 Å². The molecule has 90 valence electrons. The van der Waals surface area contributed by atoms with Crippen molar-refractivity contribution in [3.05, 3.63) is 42.4 Å². The highest BCUT2D eigenvalue weighted by atomic mass is 15.3. The second kappa shape index (κ2) is 4.36. The molecule has 7 nitrogen and oxygen atoms in total. The molecular formula is C11H11N7. The van der Waals surface area contributed by atoms with Gasteiger partial charge in [0.1, 0.15) is 18.5 Å². The molecule has 0 unspecified atom stereocenters. The summed E-state index contributed by atoms with van der Waals surface area (Å²) in [5.74, 6) is 1.42. The number of nitrogens with one attached hydrogen (secondary N) is 1. The van der Waals surface area contributed by atoms with Crippen LogP contribution in [-0.2, 0) is 6.54 Å². The summed E-state index contributed by atoms with van der Waals surface area (Å²) in [7, 11) is 0. The normalized spacial score (nSPS) is 10.7. The summed E-state index contributed by atoms with van der Waals surface area (Å²) in [4.78, 5) is 16.4. The van der Waals surface area contributed by atoms with Gasteiger partial charge in [-0.1, -0.05) is 0 Å². The third-order valence-corrected chi connectivity index (χ3v) is 2.47. The smallest absolute Gasteiger partial charge is 0.254 e. The van der Waals surface area contributed by atoms with E-state index in [0.717, 1.165) is 17.2 Å². The average molecular weight is 241 g/mol. The van der Waals surface area contributed by atoms with Crippen molar-refractivity contribution in [2.45, 2.75) is 13.5 Å². The monoisotopic (exact) mass is 241 g/mol. The van der Waals surface area contributed by atoms with Crippen molar-refractivity contribution in [1.82, 2.24) is 29.5 Å². The molecule has 0 spiro atoms. The lowest BCUT2D eigenvalue weighted by molar-refractivity contribution is 0.905. The molecule has 18 heavy (non-hydrogen) atoms. The number of hydrogen-bond donors (Lipinski definition) is 1. The molecule has 0 saturated carbocycles. The van der Waals surface area contributed by atoms with Crippen molar-refractivity contribution < 1.29 is 0 Å². The highest BCUT2D eigenvalue weighted by molar-refractivity contribution is 5.44. The summed E-state index contributed by atoms with van der Waals surface area (Å²) in [6.07, 6.45) is 4.73. The highest BCUT2D eigenvalue weighted by Crippen LogP contribution is 2.10. The fourth-order valence-electron chi connectivity index (χ4n) is 1.66. The zero-order chi connectivity index (χ0) is 12.4. The van der Waals surface area contributed by atoms with Crippen molar-refractivity contribution in [1.29, 1.82) is 0 Å². The van der Waals surface area contributed by atoms with Gasteiger partial charge in [-0.2, -0.15) is 14.6 Å². The molecule has 0 fully saturated rings. The van der Waals surface area contributed by atoms with E-state index in [1.54, 1.807) is 10.7 Å². The molecule has 1 N–H and O–H groups in total. The first-order valence-corrected chi connectivity index (χ1v) is 5.49. The zero-order valence-corrected chi connectivity index (χ0v) is 9.78. The number of rotatable bonds is 3. The Hall–Kier alpha value is -2.57. The van der Waals surface area contributed by atoms with E-state index in [2.05, 4.69) is 30.4 Å². The van der Waals surface area contributed by atoms with Crippen LogP contribution in [0.4, 0.5) is 5.82 Å². The molecule has 0 aromatic carbocycles. The maximum atomic E-state index is 4.28. The maximum absolute atomic E-state index is 4.28. The highest BCUT2D eigenvalue weighted by Gasteiger charge is 2.05. The summed E-state index contributed by atoms with van der Waals surface area (Å²) in [5.41, 5.74) is 1.80. The first-order chi connectivity index (χ1) is 8.83. The fourth-order valence-corrected chi connectivity index (χ4v) is 1.66. The second-order valence-corrected chi connectivity index (χ2v) is 3.81. The van der Waals surface area contributed by atoms with Gasteiger partial charge in [0.15, 0.2) is 0 Å². The van der Waals surface area contributed by atoms with Gasteiger partial charge >= 0.3 is 0 Å². The predicted octanol–water partition coefficient (Wildman–Crippen LogP) is 0.835. The van der Waals surface area contributed by atoms with Gasteiger partial charge in [-0.05, 0) is 13.0 Å². The van der Waals surface area contributed by atoms with Crippen molar-refractivity contribution >= 4 is 11.6 Å². The van der Waals surface area contributed by atoms with E-state index in [0.29, 0.717) is 12.3 Å². The van der Waals surface area contributed by atoms with Crippen LogP contribution in [-0.4, -0.2) is 29.5 Å². The minimum absolute atomic E-state index is 0.584. The van der Waals surface area contributed by atoms with Crippen molar-refractivity contribution in [2.75, 3.05) is 5.32 Å². The van der Waals surface area contributed by atoms with Gasteiger partial charge < -0.3 is 5.32 Å². The van der Waals surface area contributed by atoms with E-state index in [-0.39, 0.29) is 0 Å². The Labute approximate surface area is 103 Å². The summed E-state index contributed by atoms with van der Waals surface area (Å²) in [6.45, 7) is 2.52. The minimum atomic E-state index is 0.584. The third kappa shape index (κ3) is 1.97. The van der Waals surface area contributed by atoms with Crippen molar-refractivity contribution in [2.24, 2.45) is 0 Å². The topological polar surface area (TPSA) is 80.9 Å². The van der Waals surface area contributed by atoms with Crippen LogP contribution < -0.4 is 5.32 Å². The van der Waals surface area contributed by atoms with Gasteiger partial charge in [0.05, 0.1) is 12.2 Å². The van der Waals surface area contributed by atoms with Crippen LogP contribution in [0.2, 0.25) is 0 Å². The van der Waals surface area contributed by atoms with E-state index in [1.807, 2.05) is 19.1 Å². The summed E-state index contributed by atoms with van der Waals surface area (Å²) >= 11 is 0. The Balaban J connectivity index is 1.88. The van der Waals surface area contributed by atoms with E-state index < -0.39 is 0 Å². The van der Waals surface area contributed by atoms with Crippen LogP contribution in [0.3, 0.4) is 0 Å². The fraction of sp³-hybridized carbons (Fsp3) is 0.182. The minimum Gasteiger partial charge on any atom is -0.364 e. The van der Waals surface area contributed by atoms with Crippen molar-refractivity contribution in [3.63, 3.8) is 0 Å². The van der Waals surface area contributed by atoms with Crippen LogP contribution in [0.1, 0.15) is 11.4 Å². The Kier molecular flexibility index (Phi) is 2.56. The molecule has 7 heteroatoms. The Morgan fingerprint density at radius 3 is 3.06 bits per heavy atom. The number of fused-ring (bicyclic) bond motifs is 1. The molecule has 0 aliphatic carbocycles. The molecule has 0 saturated heterocycles. The molecule has 0 radical (unpaired) electrons. The summed E-state index contributed by atoms with van der Waals surface area (Å²) < 4.78 is 1.66. The van der Waals surface area contributed by atoms with E-state index in [1.165, 1.54) is 12.7 Å². The van der Waals surface area contributed by atoms with E-state index in [9.17, 15) is 0 Å². The lowest BCUT2D eigenvalue weighted by Crippen LogP contribution is -2.07. The SMILES string of the molecule is Cc1cc(NCc2ccncn2)n2ncnc2n1. The predicted molar refractivity (Wildman–Crippen MR) is 64.9 cm³/mol. The molecule has 3 aromatic rings. The quantitative estimate of drug-likeness (QED) is 0.731. The van der Waals surface area contributed by atoms with Gasteiger partial charge in [-0.3, -0.25) is 0 Å². The number of anilines is 1. The van der Waals surface area contributed by atoms with Crippen LogP contribution in [0.25, 0.3) is 5.78 Å². The van der Waals surface area contributed by atoms with Gasteiger partial charge in [0, 0.05) is 18.0 Å². The summed E-state index contributed by atoms with van der Waals surface area (Å²) in [5, 5.41) is 7.38. The molecule has 0 atom stereocenters. The first kappa shape index (κ1) is 10.6. The lowest BCUT2D eigenvalue weighted by atomic mass is 10.4. The second-order valence-electron chi connectivity index (χ2n) is 3.81. The van der Waals surface area contributed by atoms with Gasteiger partial charge in [0.2, 0.25) is 0 Å². The Morgan fingerprint density at radius 1 is 1.28 bits per heavy atom. The number of hydrogen-bond acceptors (Lipinski definition) is 6.